The summed E-state index contributed by atoms with van der Waals surface area (Å²) in [6.45, 7) is 0. The van der Waals surface area contributed by atoms with Crippen LogP contribution in [0.15, 0.2) is 36.0 Å². The van der Waals surface area contributed by atoms with Gasteiger partial charge in [-0.1, -0.05) is 30.4 Å². The van der Waals surface area contributed by atoms with Gasteiger partial charge in [0.1, 0.15) is 0 Å². The Morgan fingerprint density at radius 3 is 2.40 bits per heavy atom. The minimum absolute atomic E-state index is 0.249. The first-order valence-electron chi connectivity index (χ1n) is 4.10. The third-order valence-electron chi connectivity index (χ3n) is 1.44. The number of carboxylic acid groups (broad SMARTS) is 2. The molecular formula is C10H12O5. The van der Waals surface area contributed by atoms with Crippen molar-refractivity contribution in [3.8, 4) is 0 Å². The predicted molar refractivity (Wildman–Crippen MR) is 53.6 cm³/mol. The maximum absolute atomic E-state index is 11.0. The number of hydrogen-bond donors (Lipinski definition) is 2. The lowest BCUT2D eigenvalue weighted by Gasteiger charge is -1.98. The van der Waals surface area contributed by atoms with Crippen LogP contribution in [-0.2, 0) is 9.53 Å². The second-order valence-electron chi connectivity index (χ2n) is 2.48. The molecule has 0 saturated heterocycles. The highest BCUT2D eigenvalue weighted by molar-refractivity contribution is 5.89. The Labute approximate surface area is 87.0 Å². The summed E-state index contributed by atoms with van der Waals surface area (Å²) in [5.74, 6) is -0.249. The molecule has 5 nitrogen and oxygen atoms in total. The van der Waals surface area contributed by atoms with Crippen molar-refractivity contribution in [1.82, 2.24) is 0 Å². The van der Waals surface area contributed by atoms with Gasteiger partial charge in [0, 0.05) is 5.57 Å². The summed E-state index contributed by atoms with van der Waals surface area (Å²) in [6, 6.07) is 0. The number of rotatable bonds is 1. The van der Waals surface area contributed by atoms with Crippen LogP contribution in [-0.4, -0.2) is 29.4 Å². The maximum atomic E-state index is 11.0. The molecule has 0 aromatic rings. The van der Waals surface area contributed by atoms with Gasteiger partial charge in [0.2, 0.25) is 0 Å². The second-order valence-corrected chi connectivity index (χ2v) is 2.48. The summed E-state index contributed by atoms with van der Waals surface area (Å²) in [6.07, 6.45) is 8.13. The number of carbonyl (C=O) groups is 2. The van der Waals surface area contributed by atoms with Crippen LogP contribution < -0.4 is 0 Å². The molecule has 0 aromatic heterocycles. The highest BCUT2D eigenvalue weighted by Crippen LogP contribution is 2.07. The molecule has 2 N–H and O–H groups in total. The normalized spacial score (nSPS) is 13.0. The molecule has 0 bridgehead atoms. The number of allylic oxidation sites excluding steroid dienone is 5. The number of carbonyl (C=O) groups excluding carboxylic acids is 1. The third-order valence-corrected chi connectivity index (χ3v) is 1.44. The van der Waals surface area contributed by atoms with E-state index in [1.54, 1.807) is 6.08 Å². The van der Waals surface area contributed by atoms with Crippen molar-refractivity contribution in [3.05, 3.63) is 36.0 Å². The molecule has 0 aromatic carbocycles. The number of esters is 1. The van der Waals surface area contributed by atoms with Gasteiger partial charge in [-0.3, -0.25) is 0 Å². The average Bonchev–Trinajstić information content (AvgIpc) is 2.43. The fourth-order valence-electron chi connectivity index (χ4n) is 0.860. The molecule has 0 fully saturated rings. The zero-order chi connectivity index (χ0) is 11.7. The van der Waals surface area contributed by atoms with E-state index >= 15 is 0 Å². The molecule has 82 valence electrons. The van der Waals surface area contributed by atoms with Crippen molar-refractivity contribution in [2.75, 3.05) is 7.11 Å². The van der Waals surface area contributed by atoms with Crippen molar-refractivity contribution < 1.29 is 24.5 Å². The van der Waals surface area contributed by atoms with Crippen LogP contribution in [0.1, 0.15) is 6.42 Å². The molecule has 0 spiro atoms. The van der Waals surface area contributed by atoms with E-state index in [-0.39, 0.29) is 5.97 Å². The van der Waals surface area contributed by atoms with Crippen molar-refractivity contribution >= 4 is 12.1 Å². The molecule has 0 amide bonds. The lowest BCUT2D eigenvalue weighted by molar-refractivity contribution is -0.136. The first-order valence-corrected chi connectivity index (χ1v) is 4.10. The molecule has 0 atom stereocenters. The van der Waals surface area contributed by atoms with Crippen LogP contribution in [0.5, 0.6) is 0 Å². The van der Waals surface area contributed by atoms with Crippen LogP contribution in [0.3, 0.4) is 0 Å². The Bertz CT molecular complexity index is 308. The van der Waals surface area contributed by atoms with Gasteiger partial charge in [0.15, 0.2) is 0 Å². The van der Waals surface area contributed by atoms with Crippen LogP contribution in [0, 0.1) is 0 Å². The van der Waals surface area contributed by atoms with E-state index in [0.29, 0.717) is 12.0 Å². The molecule has 0 saturated carbocycles. The van der Waals surface area contributed by atoms with E-state index in [2.05, 4.69) is 4.74 Å². The van der Waals surface area contributed by atoms with Crippen LogP contribution in [0.25, 0.3) is 0 Å². The molecule has 1 aliphatic rings. The smallest absolute Gasteiger partial charge is 0.466 e. The fourth-order valence-corrected chi connectivity index (χ4v) is 0.860. The van der Waals surface area contributed by atoms with E-state index in [1.807, 2.05) is 24.3 Å². The van der Waals surface area contributed by atoms with Crippen molar-refractivity contribution in [3.63, 3.8) is 0 Å². The molecule has 5 heteroatoms. The highest BCUT2D eigenvalue weighted by Gasteiger charge is 2.06. The van der Waals surface area contributed by atoms with Gasteiger partial charge >= 0.3 is 12.1 Å². The van der Waals surface area contributed by atoms with Crippen molar-refractivity contribution in [2.45, 2.75) is 6.42 Å². The van der Waals surface area contributed by atoms with E-state index in [1.165, 1.54) is 7.11 Å². The molecule has 1 aliphatic carbocycles. The van der Waals surface area contributed by atoms with Gasteiger partial charge in [-0.2, -0.15) is 0 Å². The highest BCUT2D eigenvalue weighted by atomic mass is 16.6. The molecule has 0 aliphatic heterocycles. The zero-order valence-electron chi connectivity index (χ0n) is 8.21. The van der Waals surface area contributed by atoms with Gasteiger partial charge in [0.25, 0.3) is 0 Å². The second kappa shape index (κ2) is 7.37. The predicted octanol–water partition coefficient (Wildman–Crippen LogP) is 1.82. The van der Waals surface area contributed by atoms with Crippen molar-refractivity contribution in [2.24, 2.45) is 0 Å². The number of hydrogen-bond acceptors (Lipinski definition) is 3. The molecule has 1 rings (SSSR count). The van der Waals surface area contributed by atoms with E-state index < -0.39 is 6.16 Å². The lowest BCUT2D eigenvalue weighted by atomic mass is 10.2. The van der Waals surface area contributed by atoms with E-state index in [4.69, 9.17) is 15.0 Å². The average molecular weight is 212 g/mol. The van der Waals surface area contributed by atoms with Gasteiger partial charge in [-0.05, 0) is 6.42 Å². The molecule has 0 unspecified atom stereocenters. The minimum atomic E-state index is -1.83. The number of ether oxygens (including phenoxy) is 1. The summed E-state index contributed by atoms with van der Waals surface area (Å²) in [5, 5.41) is 13.9. The summed E-state index contributed by atoms with van der Waals surface area (Å²) < 4.78 is 4.57. The molecular weight excluding hydrogens is 200 g/mol. The SMILES string of the molecule is COC(=O)C1=CC=CC=CC1.O=C(O)O. The molecule has 0 radical (unpaired) electrons. The fraction of sp³-hybridized carbons (Fsp3) is 0.200. The quantitative estimate of drug-likeness (QED) is 0.647. The Hall–Kier alpha value is -2.04. The number of methoxy groups -OCH3 is 1. The largest absolute Gasteiger partial charge is 0.503 e. The minimum Gasteiger partial charge on any atom is -0.466 e. The monoisotopic (exact) mass is 212 g/mol. The van der Waals surface area contributed by atoms with Crippen molar-refractivity contribution in [1.29, 1.82) is 0 Å². The summed E-state index contributed by atoms with van der Waals surface area (Å²) in [5.41, 5.74) is 0.692. The van der Waals surface area contributed by atoms with Gasteiger partial charge < -0.3 is 14.9 Å². The standard InChI is InChI=1S/C9H10O2.CH2O3/c1-11-9(10)8-6-4-2-3-5-7-8;2-1(3)4/h2-6H,7H2,1H3;(H2,2,3,4). The Morgan fingerprint density at radius 1 is 1.27 bits per heavy atom. The Kier molecular flexibility index (Phi) is 6.37. The van der Waals surface area contributed by atoms with E-state index in [0.717, 1.165) is 0 Å². The summed E-state index contributed by atoms with van der Waals surface area (Å²) >= 11 is 0. The first-order chi connectivity index (χ1) is 7.07. The third kappa shape index (κ3) is 7.06. The Morgan fingerprint density at radius 2 is 1.87 bits per heavy atom. The van der Waals surface area contributed by atoms with Gasteiger partial charge in [-0.25, -0.2) is 9.59 Å². The topological polar surface area (TPSA) is 83.8 Å². The molecule has 15 heavy (non-hydrogen) atoms. The first kappa shape index (κ1) is 13.0. The molecule has 0 heterocycles. The van der Waals surface area contributed by atoms with Crippen LogP contribution >= 0.6 is 0 Å². The summed E-state index contributed by atoms with van der Waals surface area (Å²) in [4.78, 5) is 19.5. The lowest BCUT2D eigenvalue weighted by Crippen LogP contribution is -2.03. The van der Waals surface area contributed by atoms with Gasteiger partial charge in [-0.15, -0.1) is 0 Å². The van der Waals surface area contributed by atoms with Crippen LogP contribution in [0.4, 0.5) is 4.79 Å². The summed E-state index contributed by atoms with van der Waals surface area (Å²) in [7, 11) is 1.39. The Balaban J connectivity index is 0.000000423. The maximum Gasteiger partial charge on any atom is 0.503 e. The van der Waals surface area contributed by atoms with E-state index in [9.17, 15) is 4.79 Å². The zero-order valence-corrected chi connectivity index (χ0v) is 8.21. The van der Waals surface area contributed by atoms with Gasteiger partial charge in [0.05, 0.1) is 7.11 Å². The van der Waals surface area contributed by atoms with Crippen LogP contribution in [0.2, 0.25) is 0 Å².